The largest absolute Gasteiger partial charge is 0.481 e. The van der Waals surface area contributed by atoms with Crippen LogP contribution in [0.1, 0.15) is 31.0 Å². The zero-order valence-corrected chi connectivity index (χ0v) is 9.63. The predicted octanol–water partition coefficient (Wildman–Crippen LogP) is 0.903. The molecule has 4 N–H and O–H groups in total. The van der Waals surface area contributed by atoms with Gasteiger partial charge >= 0.3 is 5.97 Å². The van der Waals surface area contributed by atoms with Crippen LogP contribution in [0.2, 0.25) is 0 Å². The van der Waals surface area contributed by atoms with Crippen LogP contribution >= 0.6 is 0 Å². The summed E-state index contributed by atoms with van der Waals surface area (Å²) in [6, 6.07) is 0. The van der Waals surface area contributed by atoms with Gasteiger partial charge in [0.25, 0.3) is 0 Å². The number of H-pyrrole nitrogens is 1. The Hall–Kier alpha value is -2.18. The lowest BCUT2D eigenvalue weighted by atomic mass is 10.0. The minimum Gasteiger partial charge on any atom is -0.481 e. The number of nitrogen functional groups attached to an aromatic ring is 1. The Kier molecular flexibility index (Phi) is 2.39. The van der Waals surface area contributed by atoms with Crippen LogP contribution in [0.3, 0.4) is 0 Å². The van der Waals surface area contributed by atoms with Crippen LogP contribution in [0.15, 0.2) is 6.33 Å². The number of rotatable bonds is 2. The molecule has 0 bridgehead atoms. The van der Waals surface area contributed by atoms with Gasteiger partial charge in [-0.2, -0.15) is 0 Å². The van der Waals surface area contributed by atoms with E-state index >= 15 is 0 Å². The molecule has 2 unspecified atom stereocenters. The van der Waals surface area contributed by atoms with E-state index in [4.69, 9.17) is 10.8 Å². The molecule has 18 heavy (non-hydrogen) atoms. The van der Waals surface area contributed by atoms with Crippen LogP contribution in [0, 0.1) is 5.92 Å². The number of aliphatic carboxylic acids is 1. The molecule has 1 aliphatic carbocycles. The van der Waals surface area contributed by atoms with Crippen LogP contribution < -0.4 is 5.73 Å². The van der Waals surface area contributed by atoms with E-state index in [1.54, 1.807) is 0 Å². The van der Waals surface area contributed by atoms with Gasteiger partial charge in [0.05, 0.1) is 5.92 Å². The first-order valence-corrected chi connectivity index (χ1v) is 5.84. The minimum absolute atomic E-state index is 0.139. The van der Waals surface area contributed by atoms with E-state index in [9.17, 15) is 4.79 Å². The second kappa shape index (κ2) is 3.94. The number of aromatic amines is 1. The fraction of sp³-hybridized carbons (Fsp3) is 0.455. The third kappa shape index (κ3) is 1.68. The lowest BCUT2D eigenvalue weighted by Crippen LogP contribution is -2.09. The van der Waals surface area contributed by atoms with Crippen molar-refractivity contribution in [3.63, 3.8) is 0 Å². The average molecular weight is 247 g/mol. The number of carbonyl (C=O) groups is 1. The molecule has 0 amide bonds. The summed E-state index contributed by atoms with van der Waals surface area (Å²) in [4.78, 5) is 26.3. The van der Waals surface area contributed by atoms with Crippen LogP contribution in [0.25, 0.3) is 11.2 Å². The summed E-state index contributed by atoms with van der Waals surface area (Å²) in [6.45, 7) is 0. The van der Waals surface area contributed by atoms with Gasteiger partial charge in [-0.15, -0.1) is 0 Å². The Bertz CT molecular complexity index is 608. The standard InChI is InChI=1S/C11H13N5O2/c12-8-7-10(14-4-13-8)16-9(15-7)5-1-2-6(3-5)11(17)18/h4-6H,1-3H2,(H,17,18)(H3,12,13,14,15,16). The summed E-state index contributed by atoms with van der Waals surface area (Å²) >= 11 is 0. The van der Waals surface area contributed by atoms with Crippen molar-refractivity contribution in [1.29, 1.82) is 0 Å². The van der Waals surface area contributed by atoms with Gasteiger partial charge in [-0.3, -0.25) is 4.79 Å². The zero-order valence-electron chi connectivity index (χ0n) is 9.63. The highest BCUT2D eigenvalue weighted by molar-refractivity contribution is 5.81. The van der Waals surface area contributed by atoms with E-state index in [0.29, 0.717) is 29.8 Å². The Balaban J connectivity index is 1.92. The lowest BCUT2D eigenvalue weighted by Gasteiger charge is -2.04. The molecule has 1 aliphatic rings. The smallest absolute Gasteiger partial charge is 0.306 e. The quantitative estimate of drug-likeness (QED) is 0.725. The summed E-state index contributed by atoms with van der Waals surface area (Å²) in [5, 5.41) is 8.99. The zero-order chi connectivity index (χ0) is 12.7. The number of nitrogens with two attached hydrogens (primary N) is 1. The second-order valence-corrected chi connectivity index (χ2v) is 4.62. The molecule has 7 nitrogen and oxygen atoms in total. The van der Waals surface area contributed by atoms with Crippen LogP contribution in [0.5, 0.6) is 0 Å². The summed E-state index contributed by atoms with van der Waals surface area (Å²) in [7, 11) is 0. The van der Waals surface area contributed by atoms with Gasteiger partial charge in [-0.05, 0) is 19.3 Å². The molecule has 1 saturated carbocycles. The molecule has 2 aromatic heterocycles. The molecule has 0 aliphatic heterocycles. The van der Waals surface area contributed by atoms with Crippen molar-refractivity contribution in [3.8, 4) is 0 Å². The number of fused-ring (bicyclic) bond motifs is 1. The van der Waals surface area contributed by atoms with Gasteiger partial charge in [-0.1, -0.05) is 0 Å². The molecule has 3 rings (SSSR count). The third-order valence-corrected chi connectivity index (χ3v) is 3.50. The van der Waals surface area contributed by atoms with E-state index in [-0.39, 0.29) is 11.8 Å². The average Bonchev–Trinajstić information content (AvgIpc) is 2.95. The third-order valence-electron chi connectivity index (χ3n) is 3.50. The predicted molar refractivity (Wildman–Crippen MR) is 63.8 cm³/mol. The SMILES string of the molecule is Nc1ncnc2nc(C3CCC(C(=O)O)C3)[nH]c12. The van der Waals surface area contributed by atoms with Gasteiger partial charge in [0.2, 0.25) is 0 Å². The van der Waals surface area contributed by atoms with Crippen molar-refractivity contribution >= 4 is 23.0 Å². The number of hydrogen-bond donors (Lipinski definition) is 3. The molecule has 7 heteroatoms. The number of nitrogens with one attached hydrogen (secondary N) is 1. The Labute approximate surface area is 102 Å². The normalized spacial score (nSPS) is 23.6. The molecule has 94 valence electrons. The van der Waals surface area contributed by atoms with Crippen LogP contribution in [-0.2, 0) is 4.79 Å². The van der Waals surface area contributed by atoms with E-state index in [2.05, 4.69) is 19.9 Å². The molecular formula is C11H13N5O2. The number of carboxylic acid groups (broad SMARTS) is 1. The van der Waals surface area contributed by atoms with Crippen LogP contribution in [0.4, 0.5) is 5.82 Å². The van der Waals surface area contributed by atoms with Crippen molar-refractivity contribution in [3.05, 3.63) is 12.2 Å². The molecule has 0 radical (unpaired) electrons. The highest BCUT2D eigenvalue weighted by Crippen LogP contribution is 2.37. The topological polar surface area (TPSA) is 118 Å². The maximum absolute atomic E-state index is 10.9. The van der Waals surface area contributed by atoms with Gasteiger partial charge in [0.15, 0.2) is 11.5 Å². The number of imidazole rings is 1. The summed E-state index contributed by atoms with van der Waals surface area (Å²) < 4.78 is 0. The number of nitrogens with zero attached hydrogens (tertiary/aromatic N) is 3. The number of carboxylic acids is 1. The summed E-state index contributed by atoms with van der Waals surface area (Å²) in [5.74, 6) is 0.270. The van der Waals surface area contributed by atoms with Gasteiger partial charge < -0.3 is 15.8 Å². The van der Waals surface area contributed by atoms with E-state index in [0.717, 1.165) is 12.2 Å². The Morgan fingerprint density at radius 2 is 2.28 bits per heavy atom. The van der Waals surface area contributed by atoms with Crippen molar-refractivity contribution in [2.45, 2.75) is 25.2 Å². The first kappa shape index (κ1) is 10.9. The summed E-state index contributed by atoms with van der Waals surface area (Å²) in [5.41, 5.74) is 6.90. The van der Waals surface area contributed by atoms with Gasteiger partial charge in [0.1, 0.15) is 17.7 Å². The monoisotopic (exact) mass is 247 g/mol. The Morgan fingerprint density at radius 3 is 2.94 bits per heavy atom. The van der Waals surface area contributed by atoms with Gasteiger partial charge in [-0.25, -0.2) is 15.0 Å². The van der Waals surface area contributed by atoms with Crippen molar-refractivity contribution in [2.24, 2.45) is 5.92 Å². The maximum Gasteiger partial charge on any atom is 0.306 e. The molecule has 1 fully saturated rings. The molecule has 0 saturated heterocycles. The lowest BCUT2D eigenvalue weighted by molar-refractivity contribution is -0.141. The van der Waals surface area contributed by atoms with Crippen molar-refractivity contribution in [1.82, 2.24) is 19.9 Å². The van der Waals surface area contributed by atoms with E-state index in [1.807, 2.05) is 0 Å². The Morgan fingerprint density at radius 1 is 1.44 bits per heavy atom. The highest BCUT2D eigenvalue weighted by atomic mass is 16.4. The van der Waals surface area contributed by atoms with Crippen molar-refractivity contribution < 1.29 is 9.90 Å². The number of aromatic nitrogens is 4. The molecule has 2 heterocycles. The van der Waals surface area contributed by atoms with E-state index < -0.39 is 5.97 Å². The molecule has 0 aromatic carbocycles. The van der Waals surface area contributed by atoms with E-state index in [1.165, 1.54) is 6.33 Å². The molecule has 0 spiro atoms. The fourth-order valence-corrected chi connectivity index (χ4v) is 2.51. The molecule has 2 atom stereocenters. The highest BCUT2D eigenvalue weighted by Gasteiger charge is 2.32. The molecular weight excluding hydrogens is 234 g/mol. The molecule has 2 aromatic rings. The first-order chi connectivity index (χ1) is 8.65. The fourth-order valence-electron chi connectivity index (χ4n) is 2.51. The van der Waals surface area contributed by atoms with Gasteiger partial charge in [0, 0.05) is 5.92 Å². The number of anilines is 1. The minimum atomic E-state index is -0.729. The second-order valence-electron chi connectivity index (χ2n) is 4.62. The van der Waals surface area contributed by atoms with Crippen LogP contribution in [-0.4, -0.2) is 31.0 Å². The maximum atomic E-state index is 10.9. The van der Waals surface area contributed by atoms with Crippen molar-refractivity contribution in [2.75, 3.05) is 5.73 Å². The number of hydrogen-bond acceptors (Lipinski definition) is 5. The first-order valence-electron chi connectivity index (χ1n) is 5.84. The summed E-state index contributed by atoms with van der Waals surface area (Å²) in [6.07, 6.45) is 3.50.